The Kier molecular flexibility index (Phi) is 3.04. The van der Waals surface area contributed by atoms with Crippen LogP contribution in [0.4, 0.5) is 0 Å². The maximum atomic E-state index is 6.09. The Morgan fingerprint density at radius 3 is 2.59 bits per heavy atom. The molecule has 1 aromatic rings. The van der Waals surface area contributed by atoms with Crippen molar-refractivity contribution in [1.29, 1.82) is 0 Å². The highest BCUT2D eigenvalue weighted by molar-refractivity contribution is 6.62. The topological polar surface area (TPSA) is 31.4 Å². The van der Waals surface area contributed by atoms with E-state index in [1.165, 1.54) is 0 Å². The van der Waals surface area contributed by atoms with E-state index in [-0.39, 0.29) is 18.1 Å². The van der Waals surface area contributed by atoms with Crippen LogP contribution < -0.4 is 5.46 Å². The number of aromatic nitrogens is 1. The Hall–Kier alpha value is -0.865. The minimum Gasteiger partial charge on any atom is -0.407 e. The first-order chi connectivity index (χ1) is 7.83. The second-order valence-corrected chi connectivity index (χ2v) is 5.89. The van der Waals surface area contributed by atoms with Crippen LogP contribution in [-0.2, 0) is 9.31 Å². The number of nitrogens with zero attached hydrogens (tertiary/aromatic N) is 1. The molecule has 0 aliphatic carbocycles. The fraction of sp³-hybridized carbons (Fsp3) is 0.615. The second-order valence-electron chi connectivity index (χ2n) is 5.89. The van der Waals surface area contributed by atoms with E-state index in [4.69, 9.17) is 9.31 Å². The highest BCUT2D eigenvalue weighted by Gasteiger charge is 2.47. The molecule has 0 unspecified atom stereocenters. The van der Waals surface area contributed by atoms with Crippen molar-refractivity contribution in [1.82, 2.24) is 4.98 Å². The van der Waals surface area contributed by atoms with Gasteiger partial charge in [-0.25, -0.2) is 0 Å². The first kappa shape index (κ1) is 12.6. The van der Waals surface area contributed by atoms with Gasteiger partial charge in [0.2, 0.25) is 0 Å². The summed E-state index contributed by atoms with van der Waals surface area (Å²) < 4.78 is 11.9. The van der Waals surface area contributed by atoms with E-state index in [1.54, 1.807) is 6.20 Å². The molecule has 1 saturated heterocycles. The molecule has 17 heavy (non-hydrogen) atoms. The van der Waals surface area contributed by atoms with Crippen LogP contribution in [0, 0.1) is 12.3 Å². The lowest BCUT2D eigenvalue weighted by Gasteiger charge is -2.47. The number of rotatable bonds is 1. The third kappa shape index (κ3) is 2.24. The van der Waals surface area contributed by atoms with Gasteiger partial charge in [-0.1, -0.05) is 13.8 Å². The zero-order chi connectivity index (χ0) is 12.7. The number of aryl methyl sites for hydroxylation is 1. The fourth-order valence-electron chi connectivity index (χ4n) is 1.80. The standard InChI is InChI=1S/C13H20BNO2/c1-10-6-7-15-8-11(10)14-16-9-12(2,3)13(4,5)17-14/h6-8H,9H2,1-5H3. The van der Waals surface area contributed by atoms with Gasteiger partial charge in [-0.05, 0) is 32.4 Å². The summed E-state index contributed by atoms with van der Waals surface area (Å²) >= 11 is 0. The number of pyridine rings is 1. The Bertz CT molecular complexity index is 418. The first-order valence-electron chi connectivity index (χ1n) is 6.03. The SMILES string of the molecule is Cc1ccncc1B1OCC(C)(C)C(C)(C)O1. The van der Waals surface area contributed by atoms with Gasteiger partial charge < -0.3 is 9.31 Å². The highest BCUT2D eigenvalue weighted by atomic mass is 16.6. The normalized spacial score (nSPS) is 22.5. The molecule has 0 amide bonds. The Labute approximate surface area is 104 Å². The molecule has 0 spiro atoms. The van der Waals surface area contributed by atoms with E-state index in [0.717, 1.165) is 11.0 Å². The third-order valence-electron chi connectivity index (χ3n) is 3.96. The highest BCUT2D eigenvalue weighted by Crippen LogP contribution is 2.38. The van der Waals surface area contributed by atoms with Crippen molar-refractivity contribution in [3.8, 4) is 0 Å². The molecule has 2 heterocycles. The minimum absolute atomic E-state index is 0.0135. The molecule has 1 aliphatic rings. The predicted molar refractivity (Wildman–Crippen MR) is 69.3 cm³/mol. The van der Waals surface area contributed by atoms with Gasteiger partial charge in [-0.2, -0.15) is 0 Å². The molecule has 0 atom stereocenters. The summed E-state index contributed by atoms with van der Waals surface area (Å²) in [6.07, 6.45) is 3.62. The van der Waals surface area contributed by atoms with E-state index in [0.29, 0.717) is 6.61 Å². The van der Waals surface area contributed by atoms with E-state index in [1.807, 2.05) is 12.3 Å². The monoisotopic (exact) mass is 233 g/mol. The Morgan fingerprint density at radius 2 is 2.00 bits per heavy atom. The molecule has 0 radical (unpaired) electrons. The smallest absolute Gasteiger partial charge is 0.407 e. The van der Waals surface area contributed by atoms with Crippen molar-refractivity contribution in [3.05, 3.63) is 24.0 Å². The van der Waals surface area contributed by atoms with Gasteiger partial charge in [0.15, 0.2) is 0 Å². The Balaban J connectivity index is 2.25. The summed E-state index contributed by atoms with van der Waals surface area (Å²) in [4.78, 5) is 4.14. The maximum absolute atomic E-state index is 6.09. The molecule has 0 saturated carbocycles. The van der Waals surface area contributed by atoms with Crippen LogP contribution in [0.5, 0.6) is 0 Å². The van der Waals surface area contributed by atoms with E-state index < -0.39 is 0 Å². The van der Waals surface area contributed by atoms with E-state index in [9.17, 15) is 0 Å². The molecule has 3 nitrogen and oxygen atoms in total. The van der Waals surface area contributed by atoms with Gasteiger partial charge in [-0.3, -0.25) is 4.98 Å². The average Bonchev–Trinajstić information content (AvgIpc) is 2.23. The van der Waals surface area contributed by atoms with Gasteiger partial charge in [0.1, 0.15) is 0 Å². The van der Waals surface area contributed by atoms with Crippen LogP contribution in [0.15, 0.2) is 18.5 Å². The minimum atomic E-state index is -0.299. The van der Waals surface area contributed by atoms with Gasteiger partial charge in [0, 0.05) is 29.9 Å². The average molecular weight is 233 g/mol. The third-order valence-corrected chi connectivity index (χ3v) is 3.96. The molecule has 1 aliphatic heterocycles. The van der Waals surface area contributed by atoms with Crippen LogP contribution in [0.1, 0.15) is 33.3 Å². The second kappa shape index (κ2) is 4.11. The lowest BCUT2D eigenvalue weighted by molar-refractivity contribution is -0.0937. The van der Waals surface area contributed by atoms with Crippen molar-refractivity contribution in [2.45, 2.75) is 40.2 Å². The van der Waals surface area contributed by atoms with Gasteiger partial charge in [0.05, 0.1) is 5.60 Å². The fourth-order valence-corrected chi connectivity index (χ4v) is 1.80. The number of hydrogen-bond donors (Lipinski definition) is 0. The molecule has 1 fully saturated rings. The van der Waals surface area contributed by atoms with Gasteiger partial charge in [0.25, 0.3) is 0 Å². The van der Waals surface area contributed by atoms with E-state index in [2.05, 4.69) is 39.6 Å². The molecule has 92 valence electrons. The molecule has 2 rings (SSSR count). The van der Waals surface area contributed by atoms with Crippen molar-refractivity contribution < 1.29 is 9.31 Å². The van der Waals surface area contributed by atoms with Crippen molar-refractivity contribution in [2.75, 3.05) is 6.61 Å². The number of hydrogen-bond acceptors (Lipinski definition) is 3. The summed E-state index contributed by atoms with van der Waals surface area (Å²) in [7, 11) is -0.299. The van der Waals surface area contributed by atoms with Crippen LogP contribution in [0.2, 0.25) is 0 Å². The largest absolute Gasteiger partial charge is 0.496 e. The summed E-state index contributed by atoms with van der Waals surface area (Å²) in [5.74, 6) is 0. The zero-order valence-electron chi connectivity index (χ0n) is 11.3. The maximum Gasteiger partial charge on any atom is 0.496 e. The zero-order valence-corrected chi connectivity index (χ0v) is 11.3. The van der Waals surface area contributed by atoms with Crippen LogP contribution >= 0.6 is 0 Å². The van der Waals surface area contributed by atoms with Gasteiger partial charge in [-0.15, -0.1) is 0 Å². The molecule has 1 aromatic heterocycles. The molecular weight excluding hydrogens is 213 g/mol. The Morgan fingerprint density at radius 1 is 1.29 bits per heavy atom. The van der Waals surface area contributed by atoms with Crippen molar-refractivity contribution >= 4 is 12.6 Å². The van der Waals surface area contributed by atoms with Crippen LogP contribution in [0.25, 0.3) is 0 Å². The molecular formula is C13H20BNO2. The molecule has 0 aromatic carbocycles. The summed E-state index contributed by atoms with van der Waals surface area (Å²) in [5, 5.41) is 0. The predicted octanol–water partition coefficient (Wildman–Crippen LogP) is 1.94. The molecule has 0 bridgehead atoms. The quantitative estimate of drug-likeness (QED) is 0.694. The molecule has 4 heteroatoms. The first-order valence-corrected chi connectivity index (χ1v) is 6.03. The van der Waals surface area contributed by atoms with Crippen molar-refractivity contribution in [2.24, 2.45) is 5.41 Å². The molecule has 0 N–H and O–H groups in total. The summed E-state index contributed by atoms with van der Waals surface area (Å²) in [6, 6.07) is 1.98. The van der Waals surface area contributed by atoms with Crippen LogP contribution in [0.3, 0.4) is 0 Å². The van der Waals surface area contributed by atoms with Crippen molar-refractivity contribution in [3.63, 3.8) is 0 Å². The lowest BCUT2D eigenvalue weighted by atomic mass is 9.68. The van der Waals surface area contributed by atoms with Crippen LogP contribution in [-0.4, -0.2) is 24.3 Å². The van der Waals surface area contributed by atoms with E-state index >= 15 is 0 Å². The summed E-state index contributed by atoms with van der Waals surface area (Å²) in [6.45, 7) is 11.3. The van der Waals surface area contributed by atoms with Gasteiger partial charge >= 0.3 is 7.12 Å². The summed E-state index contributed by atoms with van der Waals surface area (Å²) in [5.41, 5.74) is 1.98. The lowest BCUT2D eigenvalue weighted by Crippen LogP contribution is -2.58.